The summed E-state index contributed by atoms with van der Waals surface area (Å²) in [5.41, 5.74) is 6.83. The van der Waals surface area contributed by atoms with Gasteiger partial charge in [-0.1, -0.05) is 80.9 Å². The summed E-state index contributed by atoms with van der Waals surface area (Å²) in [7, 11) is 0. The lowest BCUT2D eigenvalue weighted by Gasteiger charge is -2.71. The highest BCUT2D eigenvalue weighted by atomic mass is 16.5. The Morgan fingerprint density at radius 2 is 1.78 bits per heavy atom. The average Bonchev–Trinajstić information content (AvgIpc) is 3.64. The van der Waals surface area contributed by atoms with E-state index in [4.69, 9.17) is 30.0 Å². The van der Waals surface area contributed by atoms with Gasteiger partial charge in [0.2, 0.25) is 0 Å². The van der Waals surface area contributed by atoms with Crippen LogP contribution < -0.4 is 5.73 Å². The van der Waals surface area contributed by atoms with Gasteiger partial charge in [0.05, 0.1) is 44.5 Å². The van der Waals surface area contributed by atoms with Crippen molar-refractivity contribution in [1.82, 2.24) is 19.7 Å². The summed E-state index contributed by atoms with van der Waals surface area (Å²) >= 11 is 0. The molecule has 0 radical (unpaired) electrons. The van der Waals surface area contributed by atoms with Crippen molar-refractivity contribution in [2.75, 3.05) is 26.4 Å². The van der Waals surface area contributed by atoms with Crippen LogP contribution in [-0.2, 0) is 19.0 Å². The Balaban J connectivity index is 1.40. The van der Waals surface area contributed by atoms with Gasteiger partial charge < -0.3 is 25.1 Å². The summed E-state index contributed by atoms with van der Waals surface area (Å²) in [6.45, 7) is 28.2. The molecule has 3 saturated carbocycles. The van der Waals surface area contributed by atoms with Crippen molar-refractivity contribution in [2.24, 2.45) is 67.8 Å². The van der Waals surface area contributed by atoms with Crippen LogP contribution in [0, 0.1) is 62.1 Å². The van der Waals surface area contributed by atoms with Crippen LogP contribution in [-0.4, -0.2) is 74.9 Å². The molecule has 4 aliphatic carbocycles. The number of carbonyl (C=O) groups is 2. The Morgan fingerprint density at radius 1 is 1.05 bits per heavy atom. The number of carboxylic acids is 1. The van der Waals surface area contributed by atoms with Crippen molar-refractivity contribution in [3.05, 3.63) is 42.0 Å². The van der Waals surface area contributed by atoms with Gasteiger partial charge >= 0.3 is 11.9 Å². The van der Waals surface area contributed by atoms with E-state index in [0.29, 0.717) is 38.0 Å². The Morgan fingerprint density at radius 3 is 2.43 bits per heavy atom. The fraction of sp³-hybridized carbons (Fsp3) is 0.766. The van der Waals surface area contributed by atoms with Crippen molar-refractivity contribution in [3.8, 4) is 11.4 Å². The maximum atomic E-state index is 13.7. The van der Waals surface area contributed by atoms with Crippen LogP contribution >= 0.6 is 0 Å². The van der Waals surface area contributed by atoms with Crippen LogP contribution in [0.2, 0.25) is 0 Å². The number of carboxylic acid groups (broad SMARTS) is 1. The number of carbonyl (C=O) groups excluding carboxylic acids is 1. The number of allylic oxidation sites excluding steroid dienone is 1. The minimum absolute atomic E-state index is 0.161. The van der Waals surface area contributed by atoms with Gasteiger partial charge in [0.1, 0.15) is 12.0 Å². The van der Waals surface area contributed by atoms with E-state index >= 15 is 0 Å². The minimum Gasteiger partial charge on any atom is -0.481 e. The van der Waals surface area contributed by atoms with Crippen molar-refractivity contribution >= 4 is 11.9 Å². The molecule has 320 valence electrons. The molecule has 4 fully saturated rings. The van der Waals surface area contributed by atoms with Gasteiger partial charge in [-0.2, -0.15) is 5.10 Å². The maximum Gasteiger partial charge on any atom is 0.356 e. The van der Waals surface area contributed by atoms with Crippen molar-refractivity contribution in [3.63, 3.8) is 0 Å². The predicted octanol–water partition coefficient (Wildman–Crippen LogP) is 8.80. The zero-order valence-corrected chi connectivity index (χ0v) is 37.4. The zero-order valence-electron chi connectivity index (χ0n) is 37.4. The fourth-order valence-electron chi connectivity index (χ4n) is 13.2. The van der Waals surface area contributed by atoms with E-state index in [1.54, 1.807) is 25.5 Å². The standard InChI is InChI=1S/C47H71N5O6/c1-13-57-40(55)33-22-30(17-21-49-33)38-50-27-51-52(38)34-23-42(8)24-56-26-47(37(34)58-25-46(12,48)41(5,6)7)32-16-18-45(11)36(39(53)54)43(9,29(4)28(2)3)19-20-44(45,10)31(32)14-15-35(42)47/h16-17,21-22,27-29,31,34-37H,13-15,18-20,23-26,48H2,1-12H3,(H,53,54)/t29-,31+,34-,35-,36-,37+,42-,43-,44-,45+,46+,47+/m1/s1. The lowest BCUT2D eigenvalue weighted by molar-refractivity contribution is -0.255. The van der Waals surface area contributed by atoms with Gasteiger partial charge in [-0.25, -0.2) is 19.4 Å². The molecule has 1 aliphatic heterocycles. The van der Waals surface area contributed by atoms with Crippen LogP contribution in [0.4, 0.5) is 0 Å². The molecule has 0 aromatic carbocycles. The molecule has 58 heavy (non-hydrogen) atoms. The highest BCUT2D eigenvalue weighted by molar-refractivity contribution is 5.88. The van der Waals surface area contributed by atoms with E-state index in [1.165, 1.54) is 5.57 Å². The number of nitrogens with two attached hydrogens (primary N) is 1. The number of pyridine rings is 1. The molecule has 3 heterocycles. The fourth-order valence-corrected chi connectivity index (χ4v) is 13.2. The number of nitrogens with zero attached hydrogens (tertiary/aromatic N) is 4. The molecule has 5 aliphatic rings. The zero-order chi connectivity index (χ0) is 42.4. The van der Waals surface area contributed by atoms with E-state index in [9.17, 15) is 14.7 Å². The lowest BCUT2D eigenvalue weighted by Crippen LogP contribution is -2.70. The number of aliphatic carboxylic acids is 1. The second kappa shape index (κ2) is 14.5. The van der Waals surface area contributed by atoms with Crippen LogP contribution in [0.5, 0.6) is 0 Å². The first-order valence-electron chi connectivity index (χ1n) is 22.0. The molecule has 11 heteroatoms. The molecule has 12 atom stereocenters. The van der Waals surface area contributed by atoms with Gasteiger partial charge in [-0.05, 0) is 115 Å². The monoisotopic (exact) mass is 802 g/mol. The Labute approximate surface area is 346 Å². The third kappa shape index (κ3) is 6.24. The second-order valence-corrected chi connectivity index (χ2v) is 21.7. The average molecular weight is 802 g/mol. The molecule has 3 N–H and O–H groups in total. The molecule has 2 aromatic rings. The summed E-state index contributed by atoms with van der Waals surface area (Å²) < 4.78 is 21.6. The Hall–Kier alpha value is -3.15. The molecule has 0 spiro atoms. The molecule has 2 bridgehead atoms. The van der Waals surface area contributed by atoms with Gasteiger partial charge in [-0.3, -0.25) is 4.79 Å². The topological polar surface area (TPSA) is 152 Å². The Bertz CT molecular complexity index is 1930. The summed E-state index contributed by atoms with van der Waals surface area (Å²) in [5, 5.41) is 16.2. The van der Waals surface area contributed by atoms with Crippen molar-refractivity contribution < 1.29 is 28.9 Å². The van der Waals surface area contributed by atoms with Crippen molar-refractivity contribution in [1.29, 1.82) is 0 Å². The summed E-state index contributed by atoms with van der Waals surface area (Å²) in [4.78, 5) is 35.7. The first kappa shape index (κ1) is 43.0. The first-order chi connectivity index (χ1) is 27.0. The second-order valence-electron chi connectivity index (χ2n) is 21.7. The normalized spacial score (nSPS) is 38.7. The van der Waals surface area contributed by atoms with E-state index in [2.05, 4.69) is 87.2 Å². The number of esters is 1. The van der Waals surface area contributed by atoms with Gasteiger partial charge in [-0.15, -0.1) is 0 Å². The SMILES string of the molecule is CCOC(=O)c1cc(-c2ncnn2[C@@H]2C[C@]3(C)COC[C@@]4(C5=CC[C@@]6(C)[C@H](C(=O)O)[C@@](C)([C@H](C)C(C)C)CC[C@]6(C)[C@H]5CC[C@H]34)[C@H]2OC[C@](C)(N)C(C)(C)C)ccn1. The molecular weight excluding hydrogens is 731 g/mol. The molecule has 7 rings (SSSR count). The van der Waals surface area contributed by atoms with Gasteiger partial charge in [0.15, 0.2) is 5.82 Å². The van der Waals surface area contributed by atoms with Crippen LogP contribution in [0.3, 0.4) is 0 Å². The largest absolute Gasteiger partial charge is 0.481 e. The summed E-state index contributed by atoms with van der Waals surface area (Å²) in [6, 6.07) is 3.35. The number of ether oxygens (including phenoxy) is 3. The molecule has 2 aromatic heterocycles. The van der Waals surface area contributed by atoms with E-state index in [0.717, 1.165) is 37.7 Å². The van der Waals surface area contributed by atoms with E-state index in [-0.39, 0.29) is 63.9 Å². The maximum absolute atomic E-state index is 13.7. The third-order valence-electron chi connectivity index (χ3n) is 17.7. The molecule has 11 nitrogen and oxygen atoms in total. The molecule has 0 unspecified atom stereocenters. The summed E-state index contributed by atoms with van der Waals surface area (Å²) in [6.07, 6.45) is 10.6. The quantitative estimate of drug-likeness (QED) is 0.176. The highest BCUT2D eigenvalue weighted by Crippen LogP contribution is 2.75. The van der Waals surface area contributed by atoms with Gasteiger partial charge in [0, 0.05) is 22.7 Å². The first-order valence-corrected chi connectivity index (χ1v) is 22.0. The highest BCUT2D eigenvalue weighted by Gasteiger charge is 2.73. The smallest absolute Gasteiger partial charge is 0.356 e. The van der Waals surface area contributed by atoms with Crippen molar-refractivity contribution in [2.45, 2.75) is 139 Å². The number of hydrogen-bond acceptors (Lipinski definition) is 9. The molecular formula is C47H71N5O6. The number of rotatable bonds is 10. The number of hydrogen-bond donors (Lipinski definition) is 2. The number of fused-ring (bicyclic) bond motifs is 3. The minimum atomic E-state index is -0.662. The van der Waals surface area contributed by atoms with Crippen LogP contribution in [0.1, 0.15) is 138 Å². The van der Waals surface area contributed by atoms with Gasteiger partial charge in [0.25, 0.3) is 0 Å². The summed E-state index contributed by atoms with van der Waals surface area (Å²) in [5.74, 6) is 0.0869. The third-order valence-corrected chi connectivity index (χ3v) is 17.7. The molecule has 1 saturated heterocycles. The predicted molar refractivity (Wildman–Crippen MR) is 224 cm³/mol. The lowest BCUT2D eigenvalue weighted by atomic mass is 9.34. The molecule has 0 amide bonds. The van der Waals surface area contributed by atoms with E-state index < -0.39 is 34.2 Å². The Kier molecular flexibility index (Phi) is 10.7. The van der Waals surface area contributed by atoms with Crippen LogP contribution in [0.25, 0.3) is 11.4 Å². The van der Waals surface area contributed by atoms with E-state index in [1.807, 2.05) is 10.7 Å². The number of aromatic nitrogens is 4. The van der Waals surface area contributed by atoms with Crippen LogP contribution in [0.15, 0.2) is 36.3 Å².